The first-order chi connectivity index (χ1) is 9.67. The molecule has 0 saturated heterocycles. The Kier molecular flexibility index (Phi) is 4.93. The Morgan fingerprint density at radius 2 is 2.05 bits per heavy atom. The highest BCUT2D eigenvalue weighted by atomic mass is 16.3. The smallest absolute Gasteiger partial charge is 0.0645 e. The summed E-state index contributed by atoms with van der Waals surface area (Å²) in [5.74, 6) is 0. The molecule has 0 bridgehead atoms. The molecule has 1 unspecified atom stereocenters. The van der Waals surface area contributed by atoms with Gasteiger partial charge in [0.2, 0.25) is 0 Å². The molecule has 2 N–H and O–H groups in total. The third-order valence-corrected chi connectivity index (χ3v) is 3.87. The van der Waals surface area contributed by atoms with Gasteiger partial charge in [-0.3, -0.25) is 0 Å². The van der Waals surface area contributed by atoms with Gasteiger partial charge in [-0.15, -0.1) is 0 Å². The van der Waals surface area contributed by atoms with Crippen LogP contribution in [0.15, 0.2) is 42.7 Å². The normalized spacial score (nSPS) is 14.2. The Bertz CT molecular complexity index is 507. The highest BCUT2D eigenvalue weighted by Crippen LogP contribution is 2.15. The van der Waals surface area contributed by atoms with Crippen molar-refractivity contribution in [1.82, 2.24) is 15.1 Å². The van der Waals surface area contributed by atoms with Gasteiger partial charge in [-0.05, 0) is 43.5 Å². The highest BCUT2D eigenvalue weighted by molar-refractivity contribution is 5.33. The monoisotopic (exact) mass is 273 g/mol. The zero-order valence-corrected chi connectivity index (χ0v) is 12.2. The lowest BCUT2D eigenvalue weighted by molar-refractivity contribution is 0.214. The summed E-state index contributed by atoms with van der Waals surface area (Å²) in [6.07, 6.45) is 5.48. The molecule has 0 aliphatic heterocycles. The van der Waals surface area contributed by atoms with Crippen LogP contribution in [0.1, 0.15) is 32.3 Å². The highest BCUT2D eigenvalue weighted by Gasteiger charge is 2.20. The molecule has 4 heteroatoms. The van der Waals surface area contributed by atoms with Crippen molar-refractivity contribution in [2.75, 3.05) is 6.61 Å². The maximum Gasteiger partial charge on any atom is 0.0645 e. The minimum absolute atomic E-state index is 0.00456. The second-order valence-electron chi connectivity index (χ2n) is 5.36. The summed E-state index contributed by atoms with van der Waals surface area (Å²) in [7, 11) is 0. The molecule has 20 heavy (non-hydrogen) atoms. The molecule has 0 aliphatic rings. The zero-order valence-electron chi connectivity index (χ0n) is 12.2. The van der Waals surface area contributed by atoms with Crippen LogP contribution in [-0.2, 0) is 6.54 Å². The number of nitrogens with zero attached hydrogens (tertiary/aromatic N) is 2. The van der Waals surface area contributed by atoms with E-state index in [2.05, 4.69) is 48.5 Å². The van der Waals surface area contributed by atoms with Crippen molar-refractivity contribution in [3.05, 3.63) is 48.3 Å². The summed E-state index contributed by atoms with van der Waals surface area (Å²) < 4.78 is 1.85. The van der Waals surface area contributed by atoms with E-state index in [1.807, 2.05) is 16.9 Å². The van der Waals surface area contributed by atoms with Crippen molar-refractivity contribution in [2.45, 2.75) is 38.8 Å². The molecule has 2 aromatic rings. The Balaban J connectivity index is 1.97. The van der Waals surface area contributed by atoms with Crippen molar-refractivity contribution in [2.24, 2.45) is 0 Å². The first-order valence-corrected chi connectivity index (χ1v) is 7.12. The van der Waals surface area contributed by atoms with E-state index < -0.39 is 0 Å². The molecule has 4 nitrogen and oxygen atoms in total. The topological polar surface area (TPSA) is 50.1 Å². The summed E-state index contributed by atoms with van der Waals surface area (Å²) in [6, 6.07) is 10.3. The van der Waals surface area contributed by atoms with E-state index >= 15 is 0 Å². The second-order valence-corrected chi connectivity index (χ2v) is 5.36. The molecule has 1 atom stereocenters. The molecule has 1 heterocycles. The molecule has 0 fully saturated rings. The third-order valence-electron chi connectivity index (χ3n) is 3.87. The van der Waals surface area contributed by atoms with Gasteiger partial charge in [-0.2, -0.15) is 5.10 Å². The first-order valence-electron chi connectivity index (χ1n) is 7.12. The van der Waals surface area contributed by atoms with Crippen LogP contribution < -0.4 is 5.32 Å². The van der Waals surface area contributed by atoms with Gasteiger partial charge >= 0.3 is 0 Å². The molecule has 0 radical (unpaired) electrons. The second kappa shape index (κ2) is 6.68. The molecule has 0 saturated carbocycles. The van der Waals surface area contributed by atoms with Crippen molar-refractivity contribution in [3.8, 4) is 5.69 Å². The molecule has 108 valence electrons. The van der Waals surface area contributed by atoms with Crippen molar-refractivity contribution < 1.29 is 5.11 Å². The average Bonchev–Trinajstić information content (AvgIpc) is 3.00. The van der Waals surface area contributed by atoms with Gasteiger partial charge in [0.15, 0.2) is 0 Å². The average molecular weight is 273 g/mol. The number of aromatic nitrogens is 2. The van der Waals surface area contributed by atoms with E-state index in [9.17, 15) is 0 Å². The van der Waals surface area contributed by atoms with E-state index in [0.29, 0.717) is 0 Å². The van der Waals surface area contributed by atoms with Crippen LogP contribution in [0.25, 0.3) is 5.69 Å². The fourth-order valence-corrected chi connectivity index (χ4v) is 2.14. The van der Waals surface area contributed by atoms with Gasteiger partial charge in [0.1, 0.15) is 0 Å². The van der Waals surface area contributed by atoms with Gasteiger partial charge < -0.3 is 10.4 Å². The molecular formula is C16H23N3O. The number of benzene rings is 1. The Hall–Kier alpha value is -1.65. The number of aliphatic hydroxyl groups is 1. The Labute approximate surface area is 120 Å². The molecule has 1 aromatic carbocycles. The zero-order chi connectivity index (χ0) is 14.4. The van der Waals surface area contributed by atoms with Crippen LogP contribution in [0.3, 0.4) is 0 Å². The van der Waals surface area contributed by atoms with Crippen LogP contribution in [0.2, 0.25) is 0 Å². The fraction of sp³-hybridized carbons (Fsp3) is 0.438. The summed E-state index contributed by atoms with van der Waals surface area (Å²) >= 11 is 0. The van der Waals surface area contributed by atoms with Crippen LogP contribution in [0, 0.1) is 0 Å². The molecule has 0 aliphatic carbocycles. The molecule has 2 rings (SSSR count). The molecule has 0 amide bonds. The summed E-state index contributed by atoms with van der Waals surface area (Å²) in [5.41, 5.74) is 2.29. The summed E-state index contributed by atoms with van der Waals surface area (Å²) in [6.45, 7) is 5.32. The number of rotatable bonds is 7. The number of hydrogen-bond donors (Lipinski definition) is 2. The maximum atomic E-state index is 9.12. The SMILES string of the molecule is CCC(C)(CCO)NCc1ccc(-n2cccn2)cc1. The van der Waals surface area contributed by atoms with Crippen molar-refractivity contribution in [3.63, 3.8) is 0 Å². The summed E-state index contributed by atoms with van der Waals surface area (Å²) in [5, 5.41) is 16.9. The van der Waals surface area contributed by atoms with Crippen molar-refractivity contribution >= 4 is 0 Å². The van der Waals surface area contributed by atoms with E-state index in [0.717, 1.165) is 25.1 Å². The standard InChI is InChI=1S/C16H23N3O/c1-3-16(2,9-12-20)17-13-14-5-7-15(8-6-14)19-11-4-10-18-19/h4-8,10-11,17,20H,3,9,12-13H2,1-2H3. The predicted octanol–water partition coefficient (Wildman–Crippen LogP) is 2.51. The lowest BCUT2D eigenvalue weighted by atomic mass is 9.94. The number of aliphatic hydroxyl groups excluding tert-OH is 1. The minimum atomic E-state index is -0.00456. The van der Waals surface area contributed by atoms with Gasteiger partial charge in [-0.1, -0.05) is 19.1 Å². The van der Waals surface area contributed by atoms with Crippen molar-refractivity contribution in [1.29, 1.82) is 0 Å². The molecule has 1 aromatic heterocycles. The van der Waals surface area contributed by atoms with Gasteiger partial charge in [0.25, 0.3) is 0 Å². The quantitative estimate of drug-likeness (QED) is 0.815. The van der Waals surface area contributed by atoms with E-state index in [1.54, 1.807) is 6.20 Å². The third kappa shape index (κ3) is 3.68. The van der Waals surface area contributed by atoms with Crippen LogP contribution in [-0.4, -0.2) is 27.0 Å². The van der Waals surface area contributed by atoms with E-state index in [1.165, 1.54) is 5.56 Å². The number of hydrogen-bond acceptors (Lipinski definition) is 3. The lowest BCUT2D eigenvalue weighted by Gasteiger charge is -2.29. The molecule has 0 spiro atoms. The van der Waals surface area contributed by atoms with Crippen LogP contribution in [0.4, 0.5) is 0 Å². The first kappa shape index (κ1) is 14.8. The summed E-state index contributed by atoms with van der Waals surface area (Å²) in [4.78, 5) is 0. The van der Waals surface area contributed by atoms with E-state index in [4.69, 9.17) is 5.11 Å². The van der Waals surface area contributed by atoms with Crippen LogP contribution in [0.5, 0.6) is 0 Å². The number of nitrogens with one attached hydrogen (secondary N) is 1. The minimum Gasteiger partial charge on any atom is -0.396 e. The van der Waals surface area contributed by atoms with Gasteiger partial charge in [0, 0.05) is 31.1 Å². The van der Waals surface area contributed by atoms with Crippen LogP contribution >= 0.6 is 0 Å². The fourth-order valence-electron chi connectivity index (χ4n) is 2.14. The largest absolute Gasteiger partial charge is 0.396 e. The molecular weight excluding hydrogens is 250 g/mol. The predicted molar refractivity (Wildman–Crippen MR) is 80.8 cm³/mol. The lowest BCUT2D eigenvalue weighted by Crippen LogP contribution is -2.42. The maximum absolute atomic E-state index is 9.12. The van der Waals surface area contributed by atoms with Gasteiger partial charge in [-0.25, -0.2) is 4.68 Å². The van der Waals surface area contributed by atoms with E-state index in [-0.39, 0.29) is 12.1 Å². The Morgan fingerprint density at radius 3 is 2.60 bits per heavy atom. The van der Waals surface area contributed by atoms with Gasteiger partial charge in [0.05, 0.1) is 5.69 Å². The Morgan fingerprint density at radius 1 is 1.30 bits per heavy atom.